The van der Waals surface area contributed by atoms with E-state index in [0.717, 1.165) is 16.9 Å². The fourth-order valence-corrected chi connectivity index (χ4v) is 4.67. The van der Waals surface area contributed by atoms with Crippen molar-refractivity contribution in [3.63, 3.8) is 0 Å². The van der Waals surface area contributed by atoms with Gasteiger partial charge in [-0.15, -0.1) is 0 Å². The van der Waals surface area contributed by atoms with Crippen molar-refractivity contribution < 1.29 is 13.2 Å². The molecule has 1 aliphatic rings. The monoisotopic (exact) mass is 424 g/mol. The molecule has 0 bridgehead atoms. The third-order valence-electron chi connectivity index (χ3n) is 5.13. The van der Waals surface area contributed by atoms with E-state index in [0.29, 0.717) is 18.9 Å². The Balaban J connectivity index is 1.56. The number of nitrogens with one attached hydrogen (secondary N) is 1. The van der Waals surface area contributed by atoms with Crippen LogP contribution in [0.5, 0.6) is 0 Å². The highest BCUT2D eigenvalue weighted by atomic mass is 32.2. The minimum atomic E-state index is -2.97. The number of benzene rings is 2. The number of rotatable bonds is 5. The van der Waals surface area contributed by atoms with Gasteiger partial charge < -0.3 is 5.32 Å². The summed E-state index contributed by atoms with van der Waals surface area (Å²) in [4.78, 5) is 14.5. The number of aromatic nitrogens is 2. The first kappa shape index (κ1) is 20.3. The number of amides is 1. The fourth-order valence-electron chi connectivity index (χ4n) is 3.40. The molecule has 30 heavy (non-hydrogen) atoms. The van der Waals surface area contributed by atoms with Gasteiger partial charge in [0.1, 0.15) is 5.82 Å². The van der Waals surface area contributed by atoms with Gasteiger partial charge >= 0.3 is 0 Å². The van der Waals surface area contributed by atoms with Gasteiger partial charge in [-0.2, -0.15) is 5.10 Å². The Morgan fingerprint density at radius 3 is 2.37 bits per heavy atom. The number of hydrogen-bond acceptors (Lipinski definition) is 5. The van der Waals surface area contributed by atoms with Crippen molar-refractivity contribution in [3.8, 4) is 16.9 Å². The van der Waals surface area contributed by atoms with Crippen molar-refractivity contribution in [3.05, 3.63) is 66.2 Å². The van der Waals surface area contributed by atoms with Crippen molar-refractivity contribution in [2.45, 2.75) is 6.92 Å². The Morgan fingerprint density at radius 2 is 1.70 bits per heavy atom. The maximum atomic E-state index is 12.7. The molecule has 156 valence electrons. The van der Waals surface area contributed by atoms with Gasteiger partial charge in [-0.3, -0.25) is 9.69 Å². The van der Waals surface area contributed by atoms with Crippen molar-refractivity contribution in [1.82, 2.24) is 14.7 Å². The average molecular weight is 425 g/mol. The van der Waals surface area contributed by atoms with Crippen molar-refractivity contribution in [1.29, 1.82) is 0 Å². The summed E-state index contributed by atoms with van der Waals surface area (Å²) < 4.78 is 24.9. The first-order valence-electron chi connectivity index (χ1n) is 9.85. The van der Waals surface area contributed by atoms with E-state index in [1.165, 1.54) is 5.56 Å². The van der Waals surface area contributed by atoms with Crippen LogP contribution in [0.15, 0.2) is 60.7 Å². The molecule has 1 fully saturated rings. The molecular formula is C22H24N4O3S. The number of carbonyl (C=O) groups excluding carboxylic acids is 1. The summed E-state index contributed by atoms with van der Waals surface area (Å²) >= 11 is 0. The van der Waals surface area contributed by atoms with Crippen LogP contribution in [0.25, 0.3) is 16.9 Å². The maximum Gasteiger partial charge on any atom is 0.239 e. The van der Waals surface area contributed by atoms with Crippen molar-refractivity contribution in [2.24, 2.45) is 0 Å². The lowest BCUT2D eigenvalue weighted by molar-refractivity contribution is -0.117. The Hall–Kier alpha value is -2.97. The van der Waals surface area contributed by atoms with Crippen LogP contribution in [-0.2, 0) is 14.6 Å². The van der Waals surface area contributed by atoms with Crippen LogP contribution >= 0.6 is 0 Å². The Morgan fingerprint density at radius 1 is 1.03 bits per heavy atom. The second-order valence-electron chi connectivity index (χ2n) is 7.50. The molecule has 2 aromatic carbocycles. The summed E-state index contributed by atoms with van der Waals surface area (Å²) in [6, 6.07) is 19.5. The molecule has 0 aliphatic carbocycles. The molecule has 0 radical (unpaired) electrons. The third kappa shape index (κ3) is 4.77. The molecule has 0 unspecified atom stereocenters. The molecular weight excluding hydrogens is 400 g/mol. The summed E-state index contributed by atoms with van der Waals surface area (Å²) in [5.41, 5.74) is 3.73. The first-order chi connectivity index (χ1) is 14.4. The minimum absolute atomic E-state index is 0.0970. The molecule has 0 atom stereocenters. The van der Waals surface area contributed by atoms with Crippen LogP contribution in [0.1, 0.15) is 5.56 Å². The molecule has 3 aromatic rings. The average Bonchev–Trinajstić information content (AvgIpc) is 3.14. The van der Waals surface area contributed by atoms with Gasteiger partial charge in [0.05, 0.1) is 29.4 Å². The molecule has 8 heteroatoms. The topological polar surface area (TPSA) is 84.3 Å². The number of para-hydroxylation sites is 1. The molecule has 1 saturated heterocycles. The minimum Gasteiger partial charge on any atom is -0.309 e. The zero-order chi connectivity index (χ0) is 21.1. The van der Waals surface area contributed by atoms with E-state index in [1.807, 2.05) is 72.5 Å². The zero-order valence-electron chi connectivity index (χ0n) is 16.8. The molecule has 4 rings (SSSR count). The Bertz CT molecular complexity index is 1120. The van der Waals surface area contributed by atoms with E-state index < -0.39 is 9.84 Å². The standard InChI is InChI=1S/C22H24N4O3S/c1-17-7-9-18(10-8-17)20-15-21(26(24-20)19-5-3-2-4-6-19)23-22(27)16-25-11-13-30(28,29)14-12-25/h2-10,15H,11-14,16H2,1H3,(H,23,27). The highest BCUT2D eigenvalue weighted by Crippen LogP contribution is 2.25. The highest BCUT2D eigenvalue weighted by Gasteiger charge is 2.23. The zero-order valence-corrected chi connectivity index (χ0v) is 17.6. The van der Waals surface area contributed by atoms with Crippen LogP contribution < -0.4 is 5.32 Å². The van der Waals surface area contributed by atoms with Gasteiger partial charge in [-0.05, 0) is 19.1 Å². The highest BCUT2D eigenvalue weighted by molar-refractivity contribution is 7.91. The van der Waals surface area contributed by atoms with E-state index in [2.05, 4.69) is 5.32 Å². The van der Waals surface area contributed by atoms with E-state index in [-0.39, 0.29) is 24.0 Å². The summed E-state index contributed by atoms with van der Waals surface area (Å²) in [5.74, 6) is 0.577. The van der Waals surface area contributed by atoms with Crippen LogP contribution in [0.3, 0.4) is 0 Å². The van der Waals surface area contributed by atoms with Gasteiger partial charge in [-0.25, -0.2) is 13.1 Å². The van der Waals surface area contributed by atoms with Gasteiger partial charge in [0.25, 0.3) is 0 Å². The number of hydrogen-bond donors (Lipinski definition) is 1. The van der Waals surface area contributed by atoms with Crippen LogP contribution in [0.4, 0.5) is 5.82 Å². The van der Waals surface area contributed by atoms with Crippen molar-refractivity contribution in [2.75, 3.05) is 36.5 Å². The van der Waals surface area contributed by atoms with Gasteiger partial charge in [-0.1, -0.05) is 48.0 Å². The number of nitrogens with zero attached hydrogens (tertiary/aromatic N) is 3. The van der Waals surface area contributed by atoms with E-state index in [4.69, 9.17) is 5.10 Å². The van der Waals surface area contributed by atoms with E-state index >= 15 is 0 Å². The summed E-state index contributed by atoms with van der Waals surface area (Å²) in [6.07, 6.45) is 0. The van der Waals surface area contributed by atoms with Crippen molar-refractivity contribution >= 4 is 21.6 Å². The predicted octanol–water partition coefficient (Wildman–Crippen LogP) is 2.52. The van der Waals surface area contributed by atoms with E-state index in [9.17, 15) is 13.2 Å². The molecule has 2 heterocycles. The molecule has 0 saturated carbocycles. The normalized spacial score (nSPS) is 16.3. The lowest BCUT2D eigenvalue weighted by atomic mass is 10.1. The second kappa shape index (κ2) is 8.41. The fraction of sp³-hybridized carbons (Fsp3) is 0.273. The number of anilines is 1. The van der Waals surface area contributed by atoms with E-state index in [1.54, 1.807) is 4.68 Å². The summed E-state index contributed by atoms with van der Waals surface area (Å²) in [5, 5.41) is 7.66. The first-order valence-corrected chi connectivity index (χ1v) is 11.7. The Kier molecular flexibility index (Phi) is 5.69. The molecule has 7 nitrogen and oxygen atoms in total. The number of carbonyl (C=O) groups is 1. The van der Waals surface area contributed by atoms with Gasteiger partial charge in [0.2, 0.25) is 5.91 Å². The molecule has 1 amide bonds. The van der Waals surface area contributed by atoms with Crippen LogP contribution in [-0.4, -0.2) is 60.1 Å². The maximum absolute atomic E-state index is 12.7. The molecule has 0 spiro atoms. The lowest BCUT2D eigenvalue weighted by Gasteiger charge is -2.25. The Labute approximate surface area is 176 Å². The summed E-state index contributed by atoms with van der Waals surface area (Å²) in [7, 11) is -2.97. The lowest BCUT2D eigenvalue weighted by Crippen LogP contribution is -2.44. The molecule has 1 N–H and O–H groups in total. The number of sulfone groups is 1. The quantitative estimate of drug-likeness (QED) is 0.680. The largest absolute Gasteiger partial charge is 0.309 e. The summed E-state index contributed by atoms with van der Waals surface area (Å²) in [6.45, 7) is 2.93. The van der Waals surface area contributed by atoms with Crippen LogP contribution in [0, 0.1) is 6.92 Å². The SMILES string of the molecule is Cc1ccc(-c2cc(NC(=O)CN3CCS(=O)(=O)CC3)n(-c3ccccc3)n2)cc1. The molecule has 1 aromatic heterocycles. The van der Waals surface area contributed by atoms with Crippen LogP contribution in [0.2, 0.25) is 0 Å². The third-order valence-corrected chi connectivity index (χ3v) is 6.74. The second-order valence-corrected chi connectivity index (χ2v) is 9.81. The predicted molar refractivity (Wildman–Crippen MR) is 117 cm³/mol. The van der Waals surface area contributed by atoms with Gasteiger partial charge in [0.15, 0.2) is 9.84 Å². The molecule has 1 aliphatic heterocycles. The van der Waals surface area contributed by atoms with Gasteiger partial charge in [0, 0.05) is 24.7 Å². The number of aryl methyl sites for hydroxylation is 1. The smallest absolute Gasteiger partial charge is 0.239 e.